The van der Waals surface area contributed by atoms with Crippen LogP contribution >= 0.6 is 15.9 Å². The summed E-state index contributed by atoms with van der Waals surface area (Å²) in [6.45, 7) is 1.96. The number of hydrogen-bond acceptors (Lipinski definition) is 3. The molecule has 0 saturated carbocycles. The number of benzene rings is 1. The van der Waals surface area contributed by atoms with Crippen molar-refractivity contribution in [2.24, 2.45) is 5.73 Å². The van der Waals surface area contributed by atoms with Crippen LogP contribution in [0.5, 0.6) is 0 Å². The van der Waals surface area contributed by atoms with E-state index < -0.39 is 0 Å². The van der Waals surface area contributed by atoms with Gasteiger partial charge in [0.05, 0.1) is 5.69 Å². The van der Waals surface area contributed by atoms with Crippen molar-refractivity contribution in [1.29, 1.82) is 0 Å². The van der Waals surface area contributed by atoms with E-state index in [0.29, 0.717) is 0 Å². The van der Waals surface area contributed by atoms with E-state index in [-0.39, 0.29) is 6.04 Å². The smallest absolute Gasteiger partial charge is 0.138 e. The molecule has 2 rings (SSSR count). The summed E-state index contributed by atoms with van der Waals surface area (Å²) in [7, 11) is 0. The first-order valence-corrected chi connectivity index (χ1v) is 5.38. The van der Waals surface area contributed by atoms with Crippen LogP contribution in [0, 0.1) is 0 Å². The van der Waals surface area contributed by atoms with Gasteiger partial charge in [0.2, 0.25) is 0 Å². The van der Waals surface area contributed by atoms with Crippen molar-refractivity contribution in [3.05, 3.63) is 40.9 Å². The van der Waals surface area contributed by atoms with Gasteiger partial charge in [0, 0.05) is 10.5 Å². The Kier molecular flexibility index (Phi) is 2.83. The summed E-state index contributed by atoms with van der Waals surface area (Å²) < 4.78 is 2.66. The first-order chi connectivity index (χ1) is 7.18. The minimum atomic E-state index is 0.0334. The molecule has 0 amide bonds. The lowest BCUT2D eigenvalue weighted by molar-refractivity contribution is 0.812. The van der Waals surface area contributed by atoms with Crippen LogP contribution in [0.1, 0.15) is 18.5 Å². The van der Waals surface area contributed by atoms with Gasteiger partial charge < -0.3 is 5.73 Å². The van der Waals surface area contributed by atoms with Gasteiger partial charge in [-0.3, -0.25) is 0 Å². The highest BCUT2D eigenvalue weighted by Crippen LogP contribution is 2.23. The zero-order chi connectivity index (χ0) is 10.8. The molecule has 1 aromatic heterocycles. The molecular formula is C10H11BrN4. The maximum atomic E-state index is 5.80. The lowest BCUT2D eigenvalue weighted by Gasteiger charge is -2.09. The van der Waals surface area contributed by atoms with E-state index in [4.69, 9.17) is 5.73 Å². The standard InChI is InChI=1S/C10H11BrN4/c1-7(12)8-2-3-10(9(11)4-8)15-6-13-5-14-15/h2-7H,12H2,1H3/t7-/m0/s1. The largest absolute Gasteiger partial charge is 0.324 e. The Balaban J connectivity index is 2.44. The molecule has 4 nitrogen and oxygen atoms in total. The molecule has 1 heterocycles. The first kappa shape index (κ1) is 10.3. The Hall–Kier alpha value is -1.20. The number of nitrogens with zero attached hydrogens (tertiary/aromatic N) is 3. The van der Waals surface area contributed by atoms with E-state index in [2.05, 4.69) is 26.0 Å². The van der Waals surface area contributed by atoms with Crippen LogP contribution in [0.4, 0.5) is 0 Å². The summed E-state index contributed by atoms with van der Waals surface area (Å²) in [5.74, 6) is 0. The minimum Gasteiger partial charge on any atom is -0.324 e. The van der Waals surface area contributed by atoms with Gasteiger partial charge in [0.15, 0.2) is 0 Å². The van der Waals surface area contributed by atoms with Crippen molar-refractivity contribution >= 4 is 15.9 Å². The predicted molar refractivity (Wildman–Crippen MR) is 61.7 cm³/mol. The summed E-state index contributed by atoms with van der Waals surface area (Å²) >= 11 is 3.49. The van der Waals surface area contributed by atoms with E-state index in [1.165, 1.54) is 6.33 Å². The quantitative estimate of drug-likeness (QED) is 0.905. The van der Waals surface area contributed by atoms with Crippen molar-refractivity contribution in [2.45, 2.75) is 13.0 Å². The molecule has 0 bridgehead atoms. The van der Waals surface area contributed by atoms with Crippen molar-refractivity contribution in [3.8, 4) is 5.69 Å². The van der Waals surface area contributed by atoms with E-state index in [9.17, 15) is 0 Å². The third kappa shape index (κ3) is 2.08. The highest BCUT2D eigenvalue weighted by Gasteiger charge is 2.06. The van der Waals surface area contributed by atoms with Gasteiger partial charge in [-0.25, -0.2) is 9.67 Å². The Morgan fingerprint density at radius 3 is 2.80 bits per heavy atom. The lowest BCUT2D eigenvalue weighted by atomic mass is 10.1. The van der Waals surface area contributed by atoms with Crippen LogP contribution < -0.4 is 5.73 Å². The number of halogens is 1. The molecule has 0 unspecified atom stereocenters. The second-order valence-electron chi connectivity index (χ2n) is 3.34. The molecule has 0 aliphatic carbocycles. The summed E-state index contributed by atoms with van der Waals surface area (Å²) in [5.41, 5.74) is 7.84. The Morgan fingerprint density at radius 2 is 2.27 bits per heavy atom. The zero-order valence-electron chi connectivity index (χ0n) is 8.26. The van der Waals surface area contributed by atoms with E-state index in [1.807, 2.05) is 25.1 Å². The van der Waals surface area contributed by atoms with Crippen molar-refractivity contribution in [2.75, 3.05) is 0 Å². The van der Waals surface area contributed by atoms with Crippen LogP contribution in [0.15, 0.2) is 35.3 Å². The fourth-order valence-electron chi connectivity index (χ4n) is 1.32. The molecule has 0 radical (unpaired) electrons. The normalized spacial score (nSPS) is 12.7. The fraction of sp³-hybridized carbons (Fsp3) is 0.200. The Labute approximate surface area is 96.3 Å². The Bertz CT molecular complexity index is 450. The molecule has 1 atom stereocenters. The molecule has 2 N–H and O–H groups in total. The fourth-order valence-corrected chi connectivity index (χ4v) is 1.90. The number of rotatable bonds is 2. The van der Waals surface area contributed by atoms with Gasteiger partial charge in [0.25, 0.3) is 0 Å². The molecule has 15 heavy (non-hydrogen) atoms. The van der Waals surface area contributed by atoms with Gasteiger partial charge in [0.1, 0.15) is 12.7 Å². The maximum Gasteiger partial charge on any atom is 0.138 e. The summed E-state index contributed by atoms with van der Waals surface area (Å²) in [5, 5.41) is 4.07. The minimum absolute atomic E-state index is 0.0334. The van der Waals surface area contributed by atoms with Gasteiger partial charge >= 0.3 is 0 Å². The monoisotopic (exact) mass is 266 g/mol. The second kappa shape index (κ2) is 4.12. The molecule has 0 aliphatic rings. The van der Waals surface area contributed by atoms with Crippen molar-refractivity contribution < 1.29 is 0 Å². The SMILES string of the molecule is C[C@H](N)c1ccc(-n2cncn2)c(Br)c1. The first-order valence-electron chi connectivity index (χ1n) is 4.58. The highest BCUT2D eigenvalue weighted by atomic mass is 79.9. The van der Waals surface area contributed by atoms with Crippen LogP contribution in [0.25, 0.3) is 5.69 Å². The van der Waals surface area contributed by atoms with Crippen LogP contribution in [0.3, 0.4) is 0 Å². The molecule has 5 heteroatoms. The van der Waals surface area contributed by atoms with Gasteiger partial charge in [-0.15, -0.1) is 0 Å². The average molecular weight is 267 g/mol. The van der Waals surface area contributed by atoms with E-state index >= 15 is 0 Å². The molecule has 0 aliphatic heterocycles. The summed E-state index contributed by atoms with van der Waals surface area (Å²) in [6.07, 6.45) is 3.16. The van der Waals surface area contributed by atoms with Crippen molar-refractivity contribution in [3.63, 3.8) is 0 Å². The highest BCUT2D eigenvalue weighted by molar-refractivity contribution is 9.10. The van der Waals surface area contributed by atoms with Crippen LogP contribution in [-0.4, -0.2) is 14.8 Å². The molecule has 0 saturated heterocycles. The molecule has 0 fully saturated rings. The Morgan fingerprint density at radius 1 is 1.47 bits per heavy atom. The van der Waals surface area contributed by atoms with Crippen LogP contribution in [0.2, 0.25) is 0 Å². The predicted octanol–water partition coefficient (Wildman–Crippen LogP) is 2.05. The summed E-state index contributed by atoms with van der Waals surface area (Å²) in [4.78, 5) is 3.90. The molecular weight excluding hydrogens is 256 g/mol. The third-order valence-corrected chi connectivity index (χ3v) is 2.80. The number of nitrogens with two attached hydrogens (primary N) is 1. The number of hydrogen-bond donors (Lipinski definition) is 1. The van der Waals surface area contributed by atoms with Gasteiger partial charge in [-0.1, -0.05) is 6.07 Å². The number of aromatic nitrogens is 3. The van der Waals surface area contributed by atoms with E-state index in [1.54, 1.807) is 11.0 Å². The van der Waals surface area contributed by atoms with Crippen LogP contribution in [-0.2, 0) is 0 Å². The summed E-state index contributed by atoms with van der Waals surface area (Å²) in [6, 6.07) is 6.00. The average Bonchev–Trinajstić information content (AvgIpc) is 2.70. The lowest BCUT2D eigenvalue weighted by Crippen LogP contribution is -2.05. The van der Waals surface area contributed by atoms with Gasteiger partial charge in [-0.05, 0) is 40.5 Å². The topological polar surface area (TPSA) is 56.7 Å². The second-order valence-corrected chi connectivity index (χ2v) is 4.19. The molecule has 78 valence electrons. The molecule has 1 aromatic carbocycles. The van der Waals surface area contributed by atoms with E-state index in [0.717, 1.165) is 15.7 Å². The molecule has 2 aromatic rings. The van der Waals surface area contributed by atoms with Gasteiger partial charge in [-0.2, -0.15) is 5.10 Å². The zero-order valence-corrected chi connectivity index (χ0v) is 9.85. The maximum absolute atomic E-state index is 5.80. The van der Waals surface area contributed by atoms with Crippen molar-refractivity contribution in [1.82, 2.24) is 14.8 Å². The third-order valence-electron chi connectivity index (χ3n) is 2.16. The molecule has 0 spiro atoms.